The van der Waals surface area contributed by atoms with Gasteiger partial charge >= 0.3 is 0 Å². The Labute approximate surface area is 149 Å². The van der Waals surface area contributed by atoms with Crippen molar-refractivity contribution in [3.8, 4) is 0 Å². The number of nitrogens with one attached hydrogen (secondary N) is 2. The number of halogens is 1. The van der Waals surface area contributed by atoms with E-state index in [-0.39, 0.29) is 36.3 Å². The molecule has 1 saturated heterocycles. The van der Waals surface area contributed by atoms with Gasteiger partial charge in [-0.15, -0.1) is 12.4 Å². The van der Waals surface area contributed by atoms with E-state index in [1.165, 1.54) is 4.31 Å². The van der Waals surface area contributed by atoms with Crippen LogP contribution in [0.1, 0.15) is 5.56 Å². The molecule has 9 heteroatoms. The Balaban J connectivity index is 0.00000288. The van der Waals surface area contributed by atoms with Crippen LogP contribution in [0.2, 0.25) is 0 Å². The summed E-state index contributed by atoms with van der Waals surface area (Å²) >= 11 is 0. The molecule has 1 aromatic rings. The Hall–Kier alpha value is -1.19. The zero-order valence-electron chi connectivity index (χ0n) is 14.0. The van der Waals surface area contributed by atoms with Gasteiger partial charge in [-0.25, -0.2) is 8.42 Å². The molecule has 1 aliphatic heterocycles. The Morgan fingerprint density at radius 3 is 2.42 bits per heavy atom. The van der Waals surface area contributed by atoms with Crippen LogP contribution in [0.25, 0.3) is 0 Å². The van der Waals surface area contributed by atoms with Gasteiger partial charge in [-0.1, -0.05) is 18.2 Å². The largest absolute Gasteiger partial charge is 0.351 e. The third kappa shape index (κ3) is 5.15. The van der Waals surface area contributed by atoms with Gasteiger partial charge in [-0.05, 0) is 25.7 Å². The molecule has 2 rings (SSSR count). The van der Waals surface area contributed by atoms with Gasteiger partial charge in [0.2, 0.25) is 15.9 Å². The van der Waals surface area contributed by atoms with Crippen molar-refractivity contribution in [2.75, 3.05) is 46.8 Å². The summed E-state index contributed by atoms with van der Waals surface area (Å²) in [5, 5.41) is 5.49. The molecule has 0 unspecified atom stereocenters. The van der Waals surface area contributed by atoms with Crippen molar-refractivity contribution in [3.05, 3.63) is 29.8 Å². The SMILES string of the molecule is CNCC(=O)NCc1ccccc1S(=O)(=O)N1CCN(C)CC1.Cl. The van der Waals surface area contributed by atoms with Crippen molar-refractivity contribution >= 4 is 28.3 Å². The van der Waals surface area contributed by atoms with Crippen LogP contribution in [-0.4, -0.2) is 70.3 Å². The minimum atomic E-state index is -3.54. The lowest BCUT2D eigenvalue weighted by Gasteiger charge is -2.32. The van der Waals surface area contributed by atoms with Gasteiger partial charge < -0.3 is 15.5 Å². The second-order valence-corrected chi connectivity index (χ2v) is 7.53. The van der Waals surface area contributed by atoms with E-state index in [0.717, 1.165) is 13.1 Å². The molecule has 0 spiro atoms. The maximum Gasteiger partial charge on any atom is 0.243 e. The molecule has 0 aliphatic carbocycles. The summed E-state index contributed by atoms with van der Waals surface area (Å²) in [6.07, 6.45) is 0. The van der Waals surface area contributed by atoms with Gasteiger partial charge in [0, 0.05) is 32.7 Å². The second kappa shape index (κ2) is 9.33. The predicted molar refractivity (Wildman–Crippen MR) is 95.7 cm³/mol. The van der Waals surface area contributed by atoms with Gasteiger partial charge in [-0.3, -0.25) is 4.79 Å². The van der Waals surface area contributed by atoms with Crippen LogP contribution >= 0.6 is 12.4 Å². The Bertz CT molecular complexity index is 646. The van der Waals surface area contributed by atoms with E-state index in [0.29, 0.717) is 18.7 Å². The molecule has 0 radical (unpaired) electrons. The summed E-state index contributed by atoms with van der Waals surface area (Å²) in [6.45, 7) is 2.82. The third-order valence-electron chi connectivity index (χ3n) is 3.87. The van der Waals surface area contributed by atoms with E-state index >= 15 is 0 Å². The quantitative estimate of drug-likeness (QED) is 0.723. The molecule has 136 valence electrons. The van der Waals surface area contributed by atoms with Crippen molar-refractivity contribution in [2.45, 2.75) is 11.4 Å². The molecule has 2 N–H and O–H groups in total. The van der Waals surface area contributed by atoms with Gasteiger partial charge in [0.1, 0.15) is 0 Å². The smallest absolute Gasteiger partial charge is 0.243 e. The van der Waals surface area contributed by atoms with Crippen molar-refractivity contribution in [1.29, 1.82) is 0 Å². The Morgan fingerprint density at radius 1 is 1.17 bits per heavy atom. The molecule has 1 amide bonds. The van der Waals surface area contributed by atoms with Crippen LogP contribution in [0.4, 0.5) is 0 Å². The van der Waals surface area contributed by atoms with Gasteiger partial charge in [0.15, 0.2) is 0 Å². The number of benzene rings is 1. The number of piperazine rings is 1. The fraction of sp³-hybridized carbons (Fsp3) is 0.533. The first kappa shape index (κ1) is 20.9. The van der Waals surface area contributed by atoms with E-state index in [1.807, 2.05) is 7.05 Å². The number of rotatable bonds is 6. The lowest BCUT2D eigenvalue weighted by Crippen LogP contribution is -2.47. The van der Waals surface area contributed by atoms with Crippen LogP contribution in [0.3, 0.4) is 0 Å². The lowest BCUT2D eigenvalue weighted by atomic mass is 10.2. The second-order valence-electron chi connectivity index (χ2n) is 5.62. The number of nitrogens with zero attached hydrogens (tertiary/aromatic N) is 2. The van der Waals surface area contributed by atoms with Crippen molar-refractivity contribution in [3.63, 3.8) is 0 Å². The molecule has 24 heavy (non-hydrogen) atoms. The highest BCUT2D eigenvalue weighted by Gasteiger charge is 2.29. The summed E-state index contributed by atoms with van der Waals surface area (Å²) < 4.78 is 27.3. The van der Waals surface area contributed by atoms with Gasteiger partial charge in [-0.2, -0.15) is 4.31 Å². The fourth-order valence-corrected chi connectivity index (χ4v) is 4.13. The Kier molecular flexibility index (Phi) is 8.11. The molecule has 1 aliphatic rings. The normalized spacial score (nSPS) is 16.4. The minimum absolute atomic E-state index is 0. The number of sulfonamides is 1. The molecular formula is C15H25ClN4O3S. The molecule has 1 fully saturated rings. The average Bonchev–Trinajstić information content (AvgIpc) is 2.54. The highest BCUT2D eigenvalue weighted by atomic mass is 35.5. The van der Waals surface area contributed by atoms with E-state index in [9.17, 15) is 13.2 Å². The number of hydrogen-bond acceptors (Lipinski definition) is 5. The first-order valence-corrected chi connectivity index (χ1v) is 9.07. The molecule has 0 atom stereocenters. The van der Waals surface area contributed by atoms with E-state index in [1.54, 1.807) is 31.3 Å². The predicted octanol–water partition coefficient (Wildman–Crippen LogP) is -0.120. The number of amides is 1. The summed E-state index contributed by atoms with van der Waals surface area (Å²) in [7, 11) is 0.131. The summed E-state index contributed by atoms with van der Waals surface area (Å²) in [5.41, 5.74) is 0.607. The number of likely N-dealkylation sites (N-methyl/N-ethyl adjacent to an activating group) is 2. The number of hydrogen-bond donors (Lipinski definition) is 2. The lowest BCUT2D eigenvalue weighted by molar-refractivity contribution is -0.120. The molecule has 7 nitrogen and oxygen atoms in total. The van der Waals surface area contributed by atoms with Crippen LogP contribution in [0.5, 0.6) is 0 Å². The molecular weight excluding hydrogens is 352 g/mol. The molecule has 0 bridgehead atoms. The number of carbonyl (C=O) groups excluding carboxylic acids is 1. The molecule has 0 saturated carbocycles. The van der Waals surface area contributed by atoms with Gasteiger partial charge in [0.25, 0.3) is 0 Å². The van der Waals surface area contributed by atoms with Crippen LogP contribution in [0, 0.1) is 0 Å². The third-order valence-corrected chi connectivity index (χ3v) is 5.87. The zero-order valence-corrected chi connectivity index (χ0v) is 15.6. The fourth-order valence-electron chi connectivity index (χ4n) is 2.49. The van der Waals surface area contributed by atoms with E-state index in [2.05, 4.69) is 15.5 Å². The van der Waals surface area contributed by atoms with Crippen LogP contribution in [-0.2, 0) is 21.4 Å². The number of carbonyl (C=O) groups is 1. The summed E-state index contributed by atoms with van der Waals surface area (Å²) in [6, 6.07) is 6.83. The van der Waals surface area contributed by atoms with E-state index in [4.69, 9.17) is 0 Å². The Morgan fingerprint density at radius 2 is 1.79 bits per heavy atom. The first-order chi connectivity index (χ1) is 10.9. The van der Waals surface area contributed by atoms with Crippen LogP contribution in [0.15, 0.2) is 29.2 Å². The van der Waals surface area contributed by atoms with Crippen molar-refractivity contribution in [2.24, 2.45) is 0 Å². The van der Waals surface area contributed by atoms with Crippen molar-refractivity contribution < 1.29 is 13.2 Å². The summed E-state index contributed by atoms with van der Waals surface area (Å²) in [4.78, 5) is 14.0. The maximum atomic E-state index is 12.9. The monoisotopic (exact) mass is 376 g/mol. The molecule has 1 heterocycles. The highest BCUT2D eigenvalue weighted by molar-refractivity contribution is 7.89. The molecule has 1 aromatic carbocycles. The van der Waals surface area contributed by atoms with Crippen LogP contribution < -0.4 is 10.6 Å². The molecule has 0 aromatic heterocycles. The average molecular weight is 377 g/mol. The van der Waals surface area contributed by atoms with Crippen molar-refractivity contribution in [1.82, 2.24) is 19.8 Å². The highest BCUT2D eigenvalue weighted by Crippen LogP contribution is 2.21. The summed E-state index contributed by atoms with van der Waals surface area (Å²) in [5.74, 6) is -0.167. The zero-order chi connectivity index (χ0) is 16.9. The first-order valence-electron chi connectivity index (χ1n) is 7.63. The maximum absolute atomic E-state index is 12.9. The van der Waals surface area contributed by atoms with Gasteiger partial charge in [0.05, 0.1) is 11.4 Å². The topological polar surface area (TPSA) is 81.8 Å². The minimum Gasteiger partial charge on any atom is -0.351 e. The standard InChI is InChI=1S/C15H24N4O3S.ClH/c1-16-12-15(20)17-11-13-5-3-4-6-14(13)23(21,22)19-9-7-18(2)8-10-19;/h3-6,16H,7-12H2,1-2H3,(H,17,20);1H. The van der Waals surface area contributed by atoms with E-state index < -0.39 is 10.0 Å².